The lowest BCUT2D eigenvalue weighted by molar-refractivity contribution is -0.135. The molecule has 8 heteroatoms. The molecule has 2 bridgehead atoms. The zero-order chi connectivity index (χ0) is 20.1. The molecule has 0 radical (unpaired) electrons. The summed E-state index contributed by atoms with van der Waals surface area (Å²) in [6.45, 7) is 0.274. The molecule has 1 aliphatic carbocycles. The van der Waals surface area contributed by atoms with E-state index in [1.165, 1.54) is 12.8 Å². The van der Waals surface area contributed by atoms with Crippen LogP contribution in [0, 0.1) is 0 Å². The van der Waals surface area contributed by atoms with E-state index in [1.54, 1.807) is 23.3 Å². The molecule has 3 aliphatic rings. The molecule has 2 aliphatic heterocycles. The second kappa shape index (κ2) is 6.90. The highest BCUT2D eigenvalue weighted by Gasteiger charge is 2.45. The van der Waals surface area contributed by atoms with Gasteiger partial charge in [0.05, 0.1) is 11.7 Å². The third-order valence-electron chi connectivity index (χ3n) is 6.29. The van der Waals surface area contributed by atoms with Crippen molar-refractivity contribution >= 4 is 11.7 Å². The van der Waals surface area contributed by atoms with Gasteiger partial charge in [0.1, 0.15) is 12.4 Å². The van der Waals surface area contributed by atoms with Crippen molar-refractivity contribution in [1.29, 1.82) is 0 Å². The van der Waals surface area contributed by atoms with Crippen LogP contribution in [-0.2, 0) is 17.8 Å². The van der Waals surface area contributed by atoms with Crippen molar-refractivity contribution < 1.29 is 4.79 Å². The normalized spacial score (nSPS) is 22.1. The Hall–Kier alpha value is -3.29. The fourth-order valence-corrected chi connectivity index (χ4v) is 4.76. The van der Waals surface area contributed by atoms with Gasteiger partial charge in [-0.05, 0) is 43.9 Å². The molecule has 30 heavy (non-hydrogen) atoms. The van der Waals surface area contributed by atoms with Crippen LogP contribution >= 0.6 is 0 Å². The summed E-state index contributed by atoms with van der Waals surface area (Å²) in [6.07, 6.45) is 12.1. The van der Waals surface area contributed by atoms with E-state index in [-0.39, 0.29) is 24.5 Å². The SMILES string of the molecule is O=C(Cn1cccn1)N1[C@H]2CC[C@@H]1c1c(nc(-c3ccncc3)nc1NC1CC1)C2. The predicted molar refractivity (Wildman–Crippen MR) is 110 cm³/mol. The van der Waals surface area contributed by atoms with Gasteiger partial charge in [0.15, 0.2) is 5.82 Å². The first-order chi connectivity index (χ1) is 14.8. The average molecular weight is 401 g/mol. The van der Waals surface area contributed by atoms with E-state index in [4.69, 9.17) is 9.97 Å². The Bertz CT molecular complexity index is 1080. The van der Waals surface area contributed by atoms with Gasteiger partial charge in [-0.2, -0.15) is 5.10 Å². The molecule has 1 saturated heterocycles. The molecule has 152 valence electrons. The summed E-state index contributed by atoms with van der Waals surface area (Å²) in [5.41, 5.74) is 3.16. The molecular formula is C22H23N7O. The van der Waals surface area contributed by atoms with Crippen molar-refractivity contribution in [3.8, 4) is 11.4 Å². The van der Waals surface area contributed by atoms with E-state index >= 15 is 0 Å². The number of hydrogen-bond acceptors (Lipinski definition) is 6. The Morgan fingerprint density at radius 2 is 1.97 bits per heavy atom. The van der Waals surface area contributed by atoms with Crippen molar-refractivity contribution in [2.45, 2.75) is 56.8 Å². The van der Waals surface area contributed by atoms with Crippen LogP contribution < -0.4 is 5.32 Å². The molecule has 0 spiro atoms. The van der Waals surface area contributed by atoms with E-state index in [9.17, 15) is 4.79 Å². The van der Waals surface area contributed by atoms with E-state index in [0.717, 1.165) is 47.7 Å². The number of rotatable bonds is 5. The topological polar surface area (TPSA) is 88.8 Å². The molecule has 0 aromatic carbocycles. The lowest BCUT2D eigenvalue weighted by atomic mass is 9.97. The molecule has 0 unspecified atom stereocenters. The maximum atomic E-state index is 13.2. The predicted octanol–water partition coefficient (Wildman–Crippen LogP) is 2.60. The van der Waals surface area contributed by atoms with Gasteiger partial charge in [-0.15, -0.1) is 0 Å². The lowest BCUT2D eigenvalue weighted by Gasteiger charge is -2.37. The number of nitrogens with one attached hydrogen (secondary N) is 1. The Morgan fingerprint density at radius 3 is 2.73 bits per heavy atom. The highest BCUT2D eigenvalue weighted by atomic mass is 16.2. The smallest absolute Gasteiger partial charge is 0.245 e. The van der Waals surface area contributed by atoms with Gasteiger partial charge in [0.25, 0.3) is 0 Å². The summed E-state index contributed by atoms with van der Waals surface area (Å²) >= 11 is 0. The van der Waals surface area contributed by atoms with E-state index in [1.807, 2.05) is 24.4 Å². The monoisotopic (exact) mass is 401 g/mol. The quantitative estimate of drug-likeness (QED) is 0.707. The van der Waals surface area contributed by atoms with Crippen molar-refractivity contribution in [2.24, 2.45) is 0 Å². The summed E-state index contributed by atoms with van der Waals surface area (Å²) < 4.78 is 1.70. The largest absolute Gasteiger partial charge is 0.367 e. The number of fused-ring (bicyclic) bond motifs is 4. The Morgan fingerprint density at radius 1 is 1.10 bits per heavy atom. The minimum Gasteiger partial charge on any atom is -0.367 e. The number of aromatic nitrogens is 5. The summed E-state index contributed by atoms with van der Waals surface area (Å²) in [4.78, 5) is 29.2. The van der Waals surface area contributed by atoms with E-state index in [2.05, 4.69) is 20.3 Å². The van der Waals surface area contributed by atoms with Crippen LogP contribution in [0.25, 0.3) is 11.4 Å². The maximum Gasteiger partial charge on any atom is 0.245 e. The van der Waals surface area contributed by atoms with Gasteiger partial charge < -0.3 is 10.2 Å². The van der Waals surface area contributed by atoms with Crippen LogP contribution in [-0.4, -0.2) is 47.6 Å². The van der Waals surface area contributed by atoms with Crippen molar-refractivity contribution in [3.05, 3.63) is 54.2 Å². The van der Waals surface area contributed by atoms with Gasteiger partial charge in [0, 0.05) is 54.4 Å². The van der Waals surface area contributed by atoms with E-state index in [0.29, 0.717) is 6.04 Å². The Labute approximate surface area is 174 Å². The third kappa shape index (κ3) is 3.03. The second-order valence-electron chi connectivity index (χ2n) is 8.37. The highest BCUT2D eigenvalue weighted by molar-refractivity contribution is 5.78. The molecule has 6 rings (SSSR count). The van der Waals surface area contributed by atoms with Crippen molar-refractivity contribution in [2.75, 3.05) is 5.32 Å². The molecule has 3 aromatic heterocycles. The van der Waals surface area contributed by atoms with Crippen LogP contribution in [0.3, 0.4) is 0 Å². The Balaban J connectivity index is 1.39. The van der Waals surface area contributed by atoms with Crippen LogP contribution in [0.1, 0.15) is 43.0 Å². The molecule has 1 saturated carbocycles. The van der Waals surface area contributed by atoms with Crippen LogP contribution in [0.2, 0.25) is 0 Å². The van der Waals surface area contributed by atoms with Gasteiger partial charge in [-0.1, -0.05) is 0 Å². The molecule has 8 nitrogen and oxygen atoms in total. The first kappa shape index (κ1) is 17.6. The first-order valence-electron chi connectivity index (χ1n) is 10.6. The van der Waals surface area contributed by atoms with Gasteiger partial charge in [-0.25, -0.2) is 9.97 Å². The molecule has 1 N–H and O–H groups in total. The first-order valence-corrected chi connectivity index (χ1v) is 10.6. The standard InChI is InChI=1S/C22H23N7O/c30-19(13-28-11-1-8-24-28)29-16-4-5-18(29)20-17(12-16)26-21(14-6-9-23-10-7-14)27-22(20)25-15-2-3-15/h1,6-11,15-16,18H,2-5,12-13H2,(H,25,26,27)/t16-,18+/m0/s1. The molecule has 5 heterocycles. The lowest BCUT2D eigenvalue weighted by Crippen LogP contribution is -2.44. The Kier molecular flexibility index (Phi) is 4.04. The highest BCUT2D eigenvalue weighted by Crippen LogP contribution is 2.46. The van der Waals surface area contributed by atoms with E-state index < -0.39 is 0 Å². The van der Waals surface area contributed by atoms with Crippen LogP contribution in [0.4, 0.5) is 5.82 Å². The number of carbonyl (C=O) groups excluding carboxylic acids is 1. The fourth-order valence-electron chi connectivity index (χ4n) is 4.76. The number of hydrogen-bond donors (Lipinski definition) is 1. The number of anilines is 1. The number of nitrogens with zero attached hydrogens (tertiary/aromatic N) is 6. The number of carbonyl (C=O) groups is 1. The molecule has 3 aromatic rings. The zero-order valence-electron chi connectivity index (χ0n) is 16.6. The summed E-state index contributed by atoms with van der Waals surface area (Å²) in [5, 5.41) is 7.82. The second-order valence-corrected chi connectivity index (χ2v) is 8.37. The van der Waals surface area contributed by atoms with Gasteiger partial charge >= 0.3 is 0 Å². The molecule has 2 atom stereocenters. The van der Waals surface area contributed by atoms with Crippen molar-refractivity contribution in [1.82, 2.24) is 29.6 Å². The third-order valence-corrected chi connectivity index (χ3v) is 6.29. The van der Waals surface area contributed by atoms with Crippen LogP contribution in [0.5, 0.6) is 0 Å². The summed E-state index contributed by atoms with van der Waals surface area (Å²) in [6, 6.07) is 6.44. The number of pyridine rings is 1. The van der Waals surface area contributed by atoms with Crippen LogP contribution in [0.15, 0.2) is 43.0 Å². The average Bonchev–Trinajstić information content (AvgIpc) is 3.32. The number of amides is 1. The molecular weight excluding hydrogens is 378 g/mol. The van der Waals surface area contributed by atoms with Gasteiger partial charge in [-0.3, -0.25) is 14.5 Å². The van der Waals surface area contributed by atoms with Gasteiger partial charge in [0.2, 0.25) is 5.91 Å². The summed E-state index contributed by atoms with van der Waals surface area (Å²) in [7, 11) is 0. The molecule has 2 fully saturated rings. The maximum absolute atomic E-state index is 13.2. The zero-order valence-corrected chi connectivity index (χ0v) is 16.6. The summed E-state index contributed by atoms with van der Waals surface area (Å²) in [5.74, 6) is 1.75. The molecule has 1 amide bonds. The minimum absolute atomic E-state index is 0.0366. The van der Waals surface area contributed by atoms with Crippen molar-refractivity contribution in [3.63, 3.8) is 0 Å². The fraction of sp³-hybridized carbons (Fsp3) is 0.409. The minimum atomic E-state index is 0.0366.